The number of hydrogen-bond acceptors (Lipinski definition) is 3. The molecule has 0 aliphatic carbocycles. The van der Waals surface area contributed by atoms with Crippen LogP contribution in [0.2, 0.25) is 0 Å². The van der Waals surface area contributed by atoms with Gasteiger partial charge in [0.25, 0.3) is 0 Å². The van der Waals surface area contributed by atoms with Crippen molar-refractivity contribution in [2.24, 2.45) is 0 Å². The van der Waals surface area contributed by atoms with Crippen LogP contribution in [0.15, 0.2) is 30.3 Å². The van der Waals surface area contributed by atoms with Gasteiger partial charge in [-0.15, -0.1) is 17.0 Å². The first kappa shape index (κ1) is 23.4. The predicted octanol–water partition coefficient (Wildman–Crippen LogP) is 6.56. The van der Waals surface area contributed by atoms with Gasteiger partial charge in [-0.25, -0.2) is 5.46 Å². The molecule has 1 rings (SSSR count). The van der Waals surface area contributed by atoms with Gasteiger partial charge in [0.15, 0.2) is 0 Å². The molecular formula is C21H38BS3-. The summed E-state index contributed by atoms with van der Waals surface area (Å²) in [6.07, 6.45) is -0.614. The molecule has 0 saturated carbocycles. The van der Waals surface area contributed by atoms with Gasteiger partial charge in [-0.05, 0) is 0 Å². The van der Waals surface area contributed by atoms with Crippen LogP contribution in [0.1, 0.15) is 62.3 Å². The molecule has 4 heteroatoms. The first-order chi connectivity index (χ1) is 11.2. The first-order valence-electron chi connectivity index (χ1n) is 9.40. The Kier molecular flexibility index (Phi) is 8.43. The zero-order valence-corrected chi connectivity index (χ0v) is 20.3. The maximum Gasteiger partial charge on any atom is 0.0581 e. The third-order valence-corrected chi connectivity index (χ3v) is 9.03. The standard InChI is InChI=1S/C21H38BS3/c1-19(2,3)23-15-22(16-24-20(4,5)6,17-25-21(7,8)9)18-13-11-10-12-14-18/h10-14H,15-17H2,1-9H3/q-1. The van der Waals surface area contributed by atoms with Crippen molar-refractivity contribution in [2.45, 2.75) is 76.6 Å². The molecule has 1 aromatic carbocycles. The monoisotopic (exact) mass is 397 g/mol. The minimum atomic E-state index is -0.614. The molecule has 0 saturated heterocycles. The molecule has 0 aliphatic heterocycles. The van der Waals surface area contributed by atoms with Crippen LogP contribution in [0.25, 0.3) is 0 Å². The van der Waals surface area contributed by atoms with Crippen LogP contribution in [-0.2, 0) is 0 Å². The quantitative estimate of drug-likeness (QED) is 0.479. The summed E-state index contributed by atoms with van der Waals surface area (Å²) >= 11 is 6.41. The Bertz CT molecular complexity index is 461. The van der Waals surface area contributed by atoms with Crippen LogP contribution in [0.3, 0.4) is 0 Å². The number of hydrogen-bond donors (Lipinski definition) is 0. The Labute approximate surface area is 170 Å². The normalized spacial score (nSPS) is 14.0. The van der Waals surface area contributed by atoms with Gasteiger partial charge in [0, 0.05) is 14.2 Å². The van der Waals surface area contributed by atoms with Crippen LogP contribution in [0, 0.1) is 0 Å². The second-order valence-corrected chi connectivity index (χ2v) is 15.7. The lowest BCUT2D eigenvalue weighted by Gasteiger charge is -2.44. The van der Waals surface area contributed by atoms with Crippen molar-refractivity contribution < 1.29 is 0 Å². The zero-order chi connectivity index (χ0) is 19.4. The SMILES string of the molecule is CC(C)(C)SC[B-](CSC(C)(C)C)(CSC(C)(C)C)c1ccccc1. The van der Waals surface area contributed by atoms with Gasteiger partial charge >= 0.3 is 0 Å². The predicted molar refractivity (Wildman–Crippen MR) is 128 cm³/mol. The van der Waals surface area contributed by atoms with E-state index in [-0.39, 0.29) is 0 Å². The molecule has 0 bridgehead atoms. The van der Waals surface area contributed by atoms with Crippen LogP contribution in [0.5, 0.6) is 0 Å². The number of thioether (sulfide) groups is 3. The van der Waals surface area contributed by atoms with Gasteiger partial charge in [-0.3, -0.25) is 0 Å². The van der Waals surface area contributed by atoms with Crippen LogP contribution >= 0.6 is 35.3 Å². The number of rotatable bonds is 7. The van der Waals surface area contributed by atoms with Crippen LogP contribution < -0.4 is 5.46 Å². The van der Waals surface area contributed by atoms with Gasteiger partial charge in [0.2, 0.25) is 0 Å². The molecule has 0 N–H and O–H groups in total. The highest BCUT2D eigenvalue weighted by Crippen LogP contribution is 2.35. The Morgan fingerprint density at radius 3 is 1.20 bits per heavy atom. The molecule has 144 valence electrons. The van der Waals surface area contributed by atoms with Crippen molar-refractivity contribution in [3.8, 4) is 0 Å². The van der Waals surface area contributed by atoms with Crippen molar-refractivity contribution in [1.82, 2.24) is 0 Å². The van der Waals surface area contributed by atoms with Crippen molar-refractivity contribution >= 4 is 46.9 Å². The highest BCUT2D eigenvalue weighted by molar-refractivity contribution is 8.07. The zero-order valence-electron chi connectivity index (χ0n) is 17.8. The fraction of sp³-hybridized carbons (Fsp3) is 0.714. The van der Waals surface area contributed by atoms with E-state index in [0.29, 0.717) is 14.2 Å². The van der Waals surface area contributed by atoms with Gasteiger partial charge in [-0.1, -0.05) is 92.6 Å². The molecule has 0 radical (unpaired) electrons. The summed E-state index contributed by atoms with van der Waals surface area (Å²) in [6, 6.07) is 11.3. The minimum Gasteiger partial charge on any atom is -0.207 e. The molecule has 25 heavy (non-hydrogen) atoms. The summed E-state index contributed by atoms with van der Waals surface area (Å²) in [5.41, 5.74) is 5.27. The summed E-state index contributed by atoms with van der Waals surface area (Å²) in [6.45, 7) is 21.1. The molecule has 0 amide bonds. The van der Waals surface area contributed by atoms with E-state index < -0.39 is 6.15 Å². The fourth-order valence-corrected chi connectivity index (χ4v) is 6.71. The molecule has 0 aliphatic rings. The Morgan fingerprint density at radius 2 is 0.920 bits per heavy atom. The van der Waals surface area contributed by atoms with E-state index in [9.17, 15) is 0 Å². The Balaban J connectivity index is 3.19. The van der Waals surface area contributed by atoms with E-state index in [0.717, 1.165) is 0 Å². The lowest BCUT2D eigenvalue weighted by molar-refractivity contribution is 0.803. The number of benzene rings is 1. The van der Waals surface area contributed by atoms with E-state index in [4.69, 9.17) is 0 Å². The molecule has 0 heterocycles. The average Bonchev–Trinajstić information content (AvgIpc) is 2.45. The van der Waals surface area contributed by atoms with Gasteiger partial charge in [-0.2, -0.15) is 35.3 Å². The first-order valence-corrected chi connectivity index (χ1v) is 12.4. The summed E-state index contributed by atoms with van der Waals surface area (Å²) in [7, 11) is 0. The Morgan fingerprint density at radius 1 is 0.600 bits per heavy atom. The summed E-state index contributed by atoms with van der Waals surface area (Å²) < 4.78 is 0.918. The van der Waals surface area contributed by atoms with Gasteiger partial charge in [0.1, 0.15) is 0 Å². The average molecular weight is 398 g/mol. The molecule has 0 atom stereocenters. The lowest BCUT2D eigenvalue weighted by atomic mass is 9.26. The Hall–Kier alpha value is 0.335. The van der Waals surface area contributed by atoms with Crippen LogP contribution in [0.4, 0.5) is 0 Å². The smallest absolute Gasteiger partial charge is 0.0581 e. The van der Waals surface area contributed by atoms with Crippen molar-refractivity contribution in [3.05, 3.63) is 30.3 Å². The van der Waals surface area contributed by atoms with E-state index in [1.165, 1.54) is 17.0 Å². The highest BCUT2D eigenvalue weighted by Gasteiger charge is 2.31. The maximum atomic E-state index is 2.37. The van der Waals surface area contributed by atoms with E-state index >= 15 is 0 Å². The molecule has 0 nitrogen and oxygen atoms in total. The van der Waals surface area contributed by atoms with E-state index in [2.05, 4.69) is 128 Å². The third kappa shape index (κ3) is 9.72. The fourth-order valence-electron chi connectivity index (χ4n) is 2.52. The molecule has 1 aromatic rings. The molecule has 0 fully saturated rings. The lowest BCUT2D eigenvalue weighted by Crippen LogP contribution is -2.58. The van der Waals surface area contributed by atoms with E-state index in [1.807, 2.05) is 0 Å². The largest absolute Gasteiger partial charge is 0.207 e. The summed E-state index contributed by atoms with van der Waals surface area (Å²) in [4.78, 5) is 0. The van der Waals surface area contributed by atoms with Crippen molar-refractivity contribution in [1.29, 1.82) is 0 Å². The molecule has 0 aromatic heterocycles. The van der Waals surface area contributed by atoms with Crippen molar-refractivity contribution in [3.63, 3.8) is 0 Å². The van der Waals surface area contributed by atoms with Gasteiger partial charge < -0.3 is 0 Å². The van der Waals surface area contributed by atoms with Crippen molar-refractivity contribution in [2.75, 3.05) is 17.0 Å². The van der Waals surface area contributed by atoms with E-state index in [1.54, 1.807) is 5.46 Å². The topological polar surface area (TPSA) is 0 Å². The molecule has 0 spiro atoms. The van der Waals surface area contributed by atoms with Gasteiger partial charge in [0.05, 0.1) is 6.15 Å². The second kappa shape index (κ2) is 9.02. The second-order valence-electron chi connectivity index (χ2n) is 10.2. The third-order valence-electron chi connectivity index (χ3n) is 4.01. The van der Waals surface area contributed by atoms with Crippen LogP contribution in [-0.4, -0.2) is 37.3 Å². The summed E-state index contributed by atoms with van der Waals surface area (Å²) in [5.74, 6) is 0. The molecular weight excluding hydrogens is 359 g/mol. The molecule has 0 unspecified atom stereocenters. The summed E-state index contributed by atoms with van der Waals surface area (Å²) in [5, 5.41) is 0. The highest BCUT2D eigenvalue weighted by atomic mass is 32.2. The minimum absolute atomic E-state index is 0.306. The maximum absolute atomic E-state index is 2.37.